The second kappa shape index (κ2) is 9.75. The van der Waals surface area contributed by atoms with Gasteiger partial charge in [-0.1, -0.05) is 37.6 Å². The van der Waals surface area contributed by atoms with Crippen LogP contribution in [-0.4, -0.2) is 41.9 Å². The number of hydrogen-bond acceptors (Lipinski definition) is 3. The van der Waals surface area contributed by atoms with Crippen molar-refractivity contribution in [2.24, 2.45) is 11.7 Å². The number of carbonyl (C=O) groups is 2. The molecule has 0 aliphatic carbocycles. The van der Waals surface area contributed by atoms with Gasteiger partial charge in [-0.15, -0.1) is 0 Å². The van der Waals surface area contributed by atoms with Crippen LogP contribution in [-0.2, 0) is 16.0 Å². The van der Waals surface area contributed by atoms with Crippen molar-refractivity contribution in [1.82, 2.24) is 4.90 Å². The van der Waals surface area contributed by atoms with Gasteiger partial charge in [0.2, 0.25) is 11.8 Å². The molecule has 0 spiro atoms. The Balaban J connectivity index is 1.74. The van der Waals surface area contributed by atoms with Crippen LogP contribution in [0.5, 0.6) is 0 Å². The zero-order chi connectivity index (χ0) is 22.7. The summed E-state index contributed by atoms with van der Waals surface area (Å²) in [5.41, 5.74) is 7.05. The van der Waals surface area contributed by atoms with Gasteiger partial charge in [0, 0.05) is 30.1 Å². The molecule has 8 heteroatoms. The molecule has 2 aromatic rings. The van der Waals surface area contributed by atoms with E-state index in [4.69, 9.17) is 17.3 Å². The van der Waals surface area contributed by atoms with E-state index in [2.05, 4.69) is 0 Å². The lowest BCUT2D eigenvalue weighted by Gasteiger charge is -2.31. The highest BCUT2D eigenvalue weighted by Crippen LogP contribution is 2.28. The minimum absolute atomic E-state index is 0.0184. The maximum atomic E-state index is 14.5. The van der Waals surface area contributed by atoms with E-state index in [9.17, 15) is 18.4 Å². The molecule has 31 heavy (non-hydrogen) atoms. The van der Waals surface area contributed by atoms with Gasteiger partial charge in [-0.3, -0.25) is 9.59 Å². The monoisotopic (exact) mass is 449 g/mol. The number of carbonyl (C=O) groups excluding carboxylic acids is 2. The number of halogens is 3. The second-order valence-corrected chi connectivity index (χ2v) is 8.56. The summed E-state index contributed by atoms with van der Waals surface area (Å²) in [7, 11) is 0. The number of rotatable bonds is 6. The smallest absolute Gasteiger partial charge is 0.239 e. The van der Waals surface area contributed by atoms with E-state index in [0.29, 0.717) is 24.4 Å². The molecule has 1 saturated heterocycles. The van der Waals surface area contributed by atoms with Crippen molar-refractivity contribution in [2.45, 2.75) is 38.8 Å². The van der Waals surface area contributed by atoms with Gasteiger partial charge in [0.05, 0.1) is 17.8 Å². The standard InChI is InChI=1S/C23H26ClF2N3O2/c1-14(2)22(30)29(21-8-7-17(25)12-19(21)26)18-9-10-28(13-18)23(31)20(27)11-15-3-5-16(24)6-4-15/h3-8,12,14,18,20H,9-11,13,27H2,1-2H3. The molecule has 2 atom stereocenters. The number of anilines is 1. The molecule has 1 fully saturated rings. The summed E-state index contributed by atoms with van der Waals surface area (Å²) < 4.78 is 27.9. The molecule has 1 heterocycles. The SMILES string of the molecule is CC(C)C(=O)N(c1ccc(F)cc1F)C1CCN(C(=O)C(N)Cc2ccc(Cl)cc2)C1. The Morgan fingerprint density at radius 3 is 2.48 bits per heavy atom. The van der Waals surface area contributed by atoms with Crippen LogP contribution in [0, 0.1) is 17.6 Å². The van der Waals surface area contributed by atoms with E-state index in [1.54, 1.807) is 30.9 Å². The van der Waals surface area contributed by atoms with Crippen LogP contribution < -0.4 is 10.6 Å². The van der Waals surface area contributed by atoms with E-state index in [-0.39, 0.29) is 30.0 Å². The number of likely N-dealkylation sites (tertiary alicyclic amines) is 1. The van der Waals surface area contributed by atoms with E-state index in [1.165, 1.54) is 11.0 Å². The zero-order valence-electron chi connectivity index (χ0n) is 17.5. The minimum atomic E-state index is -0.807. The third-order valence-electron chi connectivity index (χ3n) is 5.43. The molecule has 2 amide bonds. The third kappa shape index (κ3) is 5.40. The van der Waals surface area contributed by atoms with E-state index < -0.39 is 23.7 Å². The van der Waals surface area contributed by atoms with Gasteiger partial charge in [0.1, 0.15) is 11.6 Å². The summed E-state index contributed by atoms with van der Waals surface area (Å²) in [6, 6.07) is 9.12. The fourth-order valence-corrected chi connectivity index (χ4v) is 3.93. The topological polar surface area (TPSA) is 66.6 Å². The van der Waals surface area contributed by atoms with Gasteiger partial charge in [-0.2, -0.15) is 0 Å². The molecule has 0 saturated carbocycles. The molecule has 5 nitrogen and oxygen atoms in total. The van der Waals surface area contributed by atoms with Crippen molar-refractivity contribution in [3.8, 4) is 0 Å². The first-order valence-corrected chi connectivity index (χ1v) is 10.6. The summed E-state index contributed by atoms with van der Waals surface area (Å²) >= 11 is 5.89. The molecular formula is C23H26ClF2N3O2. The highest BCUT2D eigenvalue weighted by Gasteiger charge is 2.37. The molecule has 2 unspecified atom stereocenters. The Morgan fingerprint density at radius 2 is 1.87 bits per heavy atom. The van der Waals surface area contributed by atoms with Crippen LogP contribution >= 0.6 is 11.6 Å². The van der Waals surface area contributed by atoms with E-state index in [0.717, 1.165) is 17.7 Å². The average Bonchev–Trinajstić information content (AvgIpc) is 3.20. The van der Waals surface area contributed by atoms with Crippen LogP contribution in [0.4, 0.5) is 14.5 Å². The van der Waals surface area contributed by atoms with Gasteiger partial charge in [-0.05, 0) is 42.7 Å². The van der Waals surface area contributed by atoms with Crippen molar-refractivity contribution in [1.29, 1.82) is 0 Å². The van der Waals surface area contributed by atoms with E-state index >= 15 is 0 Å². The van der Waals surface area contributed by atoms with Gasteiger partial charge < -0.3 is 15.5 Å². The summed E-state index contributed by atoms with van der Waals surface area (Å²) in [6.45, 7) is 4.08. The molecule has 2 N–H and O–H groups in total. The fraction of sp³-hybridized carbons (Fsp3) is 0.391. The van der Waals surface area contributed by atoms with Crippen LogP contribution in [0.15, 0.2) is 42.5 Å². The molecule has 0 aromatic heterocycles. The molecular weight excluding hydrogens is 424 g/mol. The summed E-state index contributed by atoms with van der Waals surface area (Å²) in [5.74, 6) is -2.42. The predicted molar refractivity (Wildman–Crippen MR) is 117 cm³/mol. The highest BCUT2D eigenvalue weighted by atomic mass is 35.5. The van der Waals surface area contributed by atoms with Gasteiger partial charge in [-0.25, -0.2) is 8.78 Å². The lowest BCUT2D eigenvalue weighted by Crippen LogP contribution is -2.48. The first-order chi connectivity index (χ1) is 14.7. The molecule has 0 radical (unpaired) electrons. The Hall–Kier alpha value is -2.51. The first-order valence-electron chi connectivity index (χ1n) is 10.2. The number of benzene rings is 2. The van der Waals surface area contributed by atoms with Gasteiger partial charge >= 0.3 is 0 Å². The molecule has 1 aliphatic heterocycles. The third-order valence-corrected chi connectivity index (χ3v) is 5.68. The Labute approximate surface area is 185 Å². The quantitative estimate of drug-likeness (QED) is 0.729. The maximum absolute atomic E-state index is 14.5. The molecule has 3 rings (SSSR count). The van der Waals surface area contributed by atoms with Crippen LogP contribution in [0.1, 0.15) is 25.8 Å². The van der Waals surface area contributed by atoms with Crippen LogP contribution in [0.2, 0.25) is 5.02 Å². The Bertz CT molecular complexity index is 952. The molecule has 166 valence electrons. The van der Waals surface area contributed by atoms with Crippen LogP contribution in [0.25, 0.3) is 0 Å². The van der Waals surface area contributed by atoms with Crippen molar-refractivity contribution in [3.05, 3.63) is 64.7 Å². The molecule has 1 aliphatic rings. The second-order valence-electron chi connectivity index (χ2n) is 8.12. The predicted octanol–water partition coefficient (Wildman–Crippen LogP) is 3.78. The fourth-order valence-electron chi connectivity index (χ4n) is 3.80. The van der Waals surface area contributed by atoms with Crippen molar-refractivity contribution in [3.63, 3.8) is 0 Å². The molecule has 2 aromatic carbocycles. The molecule has 0 bridgehead atoms. The van der Waals surface area contributed by atoms with Crippen molar-refractivity contribution >= 4 is 29.1 Å². The van der Waals surface area contributed by atoms with Crippen molar-refractivity contribution < 1.29 is 18.4 Å². The highest BCUT2D eigenvalue weighted by molar-refractivity contribution is 6.30. The number of amides is 2. The lowest BCUT2D eigenvalue weighted by molar-refractivity contribution is -0.131. The minimum Gasteiger partial charge on any atom is -0.339 e. The number of nitrogens with two attached hydrogens (primary N) is 1. The van der Waals surface area contributed by atoms with Gasteiger partial charge in [0.15, 0.2) is 0 Å². The largest absolute Gasteiger partial charge is 0.339 e. The summed E-state index contributed by atoms with van der Waals surface area (Å²) in [6.07, 6.45) is 0.840. The van der Waals surface area contributed by atoms with Crippen LogP contribution in [0.3, 0.4) is 0 Å². The normalized spacial score (nSPS) is 17.1. The summed E-state index contributed by atoms with van der Waals surface area (Å²) in [5, 5.41) is 0.606. The summed E-state index contributed by atoms with van der Waals surface area (Å²) in [4.78, 5) is 28.7. The number of nitrogens with zero attached hydrogens (tertiary/aromatic N) is 2. The van der Waals surface area contributed by atoms with Crippen molar-refractivity contribution in [2.75, 3.05) is 18.0 Å². The number of hydrogen-bond donors (Lipinski definition) is 1. The average molecular weight is 450 g/mol. The Morgan fingerprint density at radius 1 is 1.19 bits per heavy atom. The Kier molecular flexibility index (Phi) is 7.28. The maximum Gasteiger partial charge on any atom is 0.239 e. The van der Waals surface area contributed by atoms with Gasteiger partial charge in [0.25, 0.3) is 0 Å². The first kappa shape index (κ1) is 23.2. The zero-order valence-corrected chi connectivity index (χ0v) is 18.3. The lowest BCUT2D eigenvalue weighted by atomic mass is 10.1. The van der Waals surface area contributed by atoms with E-state index in [1.807, 2.05) is 12.1 Å².